The first-order valence-electron chi connectivity index (χ1n) is 10.7. The monoisotopic (exact) mass is 434 g/mol. The first-order valence-corrected chi connectivity index (χ1v) is 10.7. The molecule has 0 saturated carbocycles. The van der Waals surface area contributed by atoms with Crippen molar-refractivity contribution in [2.24, 2.45) is 5.92 Å². The quantitative estimate of drug-likeness (QED) is 0.524. The SMILES string of the molecule is O=C(O)C=CC(=O)O.c1cc2cc(-c3ccc(O[C@H]4CN5CCC4CC5)cc3)ccc2[nH]1. The Bertz CT molecular complexity index is 1090. The summed E-state index contributed by atoms with van der Waals surface area (Å²) in [6, 6.07) is 17.2. The molecular weight excluding hydrogens is 408 g/mol. The van der Waals surface area contributed by atoms with Crippen LogP contribution in [0.1, 0.15) is 12.8 Å². The number of aliphatic carboxylic acids is 2. The van der Waals surface area contributed by atoms with Gasteiger partial charge in [0.15, 0.2) is 0 Å². The maximum atomic E-state index is 9.55. The van der Waals surface area contributed by atoms with Crippen molar-refractivity contribution in [3.63, 3.8) is 0 Å². The predicted octanol–water partition coefficient (Wildman–Crippen LogP) is 4.02. The lowest BCUT2D eigenvalue weighted by Crippen LogP contribution is -2.52. The molecule has 3 saturated heterocycles. The molecular formula is C25H26N2O5. The molecule has 7 nitrogen and oxygen atoms in total. The van der Waals surface area contributed by atoms with Gasteiger partial charge in [0.2, 0.25) is 0 Å². The molecule has 4 heterocycles. The summed E-state index contributed by atoms with van der Waals surface area (Å²) in [6.07, 6.45) is 6.05. The topological polar surface area (TPSA) is 103 Å². The number of carboxylic acid groups (broad SMARTS) is 2. The zero-order chi connectivity index (χ0) is 22.5. The molecule has 0 radical (unpaired) electrons. The van der Waals surface area contributed by atoms with Crippen LogP contribution in [-0.4, -0.2) is 57.8 Å². The summed E-state index contributed by atoms with van der Waals surface area (Å²) in [4.78, 5) is 24.9. The summed E-state index contributed by atoms with van der Waals surface area (Å²) in [5.74, 6) is -0.773. The Morgan fingerprint density at radius 1 is 0.938 bits per heavy atom. The number of carbonyl (C=O) groups is 2. The first kappa shape index (κ1) is 21.6. The third-order valence-electron chi connectivity index (χ3n) is 5.99. The van der Waals surface area contributed by atoms with Crippen molar-refractivity contribution in [3.05, 3.63) is 66.9 Å². The first-order chi connectivity index (χ1) is 15.5. The van der Waals surface area contributed by atoms with Gasteiger partial charge in [0, 0.05) is 30.4 Å². The summed E-state index contributed by atoms with van der Waals surface area (Å²) in [5, 5.41) is 16.9. The van der Waals surface area contributed by atoms with Crippen molar-refractivity contribution in [2.45, 2.75) is 18.9 Å². The Morgan fingerprint density at radius 3 is 2.19 bits per heavy atom. The number of nitrogens with zero attached hydrogens (tertiary/aromatic N) is 1. The van der Waals surface area contributed by atoms with Crippen LogP contribution in [0.2, 0.25) is 0 Å². The molecule has 3 fully saturated rings. The molecule has 0 unspecified atom stereocenters. The molecule has 166 valence electrons. The highest BCUT2D eigenvalue weighted by Crippen LogP contribution is 2.32. The summed E-state index contributed by atoms with van der Waals surface area (Å²) in [6.45, 7) is 3.60. The molecule has 0 spiro atoms. The molecule has 7 heteroatoms. The van der Waals surface area contributed by atoms with E-state index in [1.165, 1.54) is 48.0 Å². The summed E-state index contributed by atoms with van der Waals surface area (Å²) in [5.41, 5.74) is 3.66. The number of rotatable bonds is 5. The number of ether oxygens (including phenoxy) is 1. The Kier molecular flexibility index (Phi) is 6.56. The molecule has 0 aliphatic carbocycles. The maximum absolute atomic E-state index is 9.55. The largest absolute Gasteiger partial charge is 0.489 e. The molecule has 2 bridgehead atoms. The fourth-order valence-corrected chi connectivity index (χ4v) is 4.32. The number of benzene rings is 2. The Morgan fingerprint density at radius 2 is 1.59 bits per heavy atom. The minimum atomic E-state index is -1.26. The average molecular weight is 434 g/mol. The van der Waals surface area contributed by atoms with Gasteiger partial charge in [-0.05, 0) is 78.7 Å². The van der Waals surface area contributed by atoms with Crippen LogP contribution in [0.15, 0.2) is 66.9 Å². The third-order valence-corrected chi connectivity index (χ3v) is 5.99. The van der Waals surface area contributed by atoms with Crippen LogP contribution in [-0.2, 0) is 9.59 Å². The number of H-pyrrole nitrogens is 1. The fourth-order valence-electron chi connectivity index (χ4n) is 4.32. The van der Waals surface area contributed by atoms with E-state index in [0.29, 0.717) is 18.3 Å². The zero-order valence-corrected chi connectivity index (χ0v) is 17.6. The zero-order valence-electron chi connectivity index (χ0n) is 17.6. The van der Waals surface area contributed by atoms with Crippen molar-refractivity contribution < 1.29 is 24.5 Å². The predicted molar refractivity (Wildman–Crippen MR) is 122 cm³/mol. The number of hydrogen-bond acceptors (Lipinski definition) is 4. The summed E-state index contributed by atoms with van der Waals surface area (Å²) in [7, 11) is 0. The lowest BCUT2D eigenvalue weighted by Gasteiger charge is -2.44. The normalized spacial score (nSPS) is 21.8. The lowest BCUT2D eigenvalue weighted by atomic mass is 9.86. The molecule has 2 aromatic carbocycles. The Labute approximate surface area is 185 Å². The molecule has 1 aromatic heterocycles. The van der Waals surface area contributed by atoms with Gasteiger partial charge in [0.05, 0.1) is 0 Å². The number of piperidine rings is 3. The van der Waals surface area contributed by atoms with E-state index in [0.717, 1.165) is 18.2 Å². The smallest absolute Gasteiger partial charge is 0.328 e. The van der Waals surface area contributed by atoms with E-state index in [-0.39, 0.29) is 0 Å². The van der Waals surface area contributed by atoms with Crippen LogP contribution < -0.4 is 4.74 Å². The van der Waals surface area contributed by atoms with Crippen LogP contribution in [0.25, 0.3) is 22.0 Å². The molecule has 3 aliphatic rings. The Balaban J connectivity index is 0.000000265. The highest BCUT2D eigenvalue weighted by Gasteiger charge is 2.35. The fraction of sp³-hybridized carbons (Fsp3) is 0.280. The van der Waals surface area contributed by atoms with Crippen LogP contribution >= 0.6 is 0 Å². The second-order valence-corrected chi connectivity index (χ2v) is 8.11. The van der Waals surface area contributed by atoms with Gasteiger partial charge in [-0.2, -0.15) is 0 Å². The second-order valence-electron chi connectivity index (χ2n) is 8.11. The van der Waals surface area contributed by atoms with Crippen molar-refractivity contribution >= 4 is 22.8 Å². The minimum Gasteiger partial charge on any atom is -0.489 e. The molecule has 6 rings (SSSR count). The number of fused-ring (bicyclic) bond motifs is 4. The average Bonchev–Trinajstić information content (AvgIpc) is 3.27. The number of carboxylic acids is 2. The van der Waals surface area contributed by atoms with E-state index >= 15 is 0 Å². The van der Waals surface area contributed by atoms with Gasteiger partial charge in [0.25, 0.3) is 0 Å². The maximum Gasteiger partial charge on any atom is 0.328 e. The minimum absolute atomic E-state index is 0.370. The van der Waals surface area contributed by atoms with Crippen molar-refractivity contribution in [1.29, 1.82) is 0 Å². The van der Waals surface area contributed by atoms with Gasteiger partial charge in [-0.3, -0.25) is 4.90 Å². The van der Waals surface area contributed by atoms with E-state index < -0.39 is 11.9 Å². The number of aromatic nitrogens is 1. The van der Waals surface area contributed by atoms with Crippen LogP contribution in [0.3, 0.4) is 0 Å². The lowest BCUT2D eigenvalue weighted by molar-refractivity contribution is -0.134. The van der Waals surface area contributed by atoms with Gasteiger partial charge >= 0.3 is 11.9 Å². The van der Waals surface area contributed by atoms with Crippen LogP contribution in [0.5, 0.6) is 5.75 Å². The van der Waals surface area contributed by atoms with Gasteiger partial charge in [-0.15, -0.1) is 0 Å². The highest BCUT2D eigenvalue weighted by molar-refractivity contribution is 5.89. The molecule has 32 heavy (non-hydrogen) atoms. The van der Waals surface area contributed by atoms with E-state index in [1.807, 2.05) is 6.20 Å². The highest BCUT2D eigenvalue weighted by atomic mass is 16.5. The number of hydrogen-bond donors (Lipinski definition) is 3. The second kappa shape index (κ2) is 9.70. The third kappa shape index (κ3) is 5.36. The molecule has 0 amide bonds. The molecule has 1 atom stereocenters. The summed E-state index contributed by atoms with van der Waals surface area (Å²) >= 11 is 0. The van der Waals surface area contributed by atoms with E-state index in [9.17, 15) is 9.59 Å². The van der Waals surface area contributed by atoms with Crippen LogP contribution in [0.4, 0.5) is 0 Å². The van der Waals surface area contributed by atoms with Crippen molar-refractivity contribution in [1.82, 2.24) is 9.88 Å². The van der Waals surface area contributed by atoms with E-state index in [1.54, 1.807) is 0 Å². The number of nitrogens with one attached hydrogen (secondary N) is 1. The van der Waals surface area contributed by atoms with Crippen molar-refractivity contribution in [3.8, 4) is 16.9 Å². The van der Waals surface area contributed by atoms with Gasteiger partial charge in [0.1, 0.15) is 11.9 Å². The standard InChI is InChI=1S/C21H22N2O.C4H4O4/c1-4-19(24-21-14-23-11-8-16(21)9-12-23)5-2-15(1)17-3-6-20-18(13-17)7-10-22-20;5-3(6)1-2-4(7)8/h1-7,10,13,16,21-22H,8-9,11-12,14H2;1-2H,(H,5,6)(H,7,8)/t21-;/m0./s1. The van der Waals surface area contributed by atoms with Gasteiger partial charge in [-0.25, -0.2) is 9.59 Å². The molecule has 3 N–H and O–H groups in total. The van der Waals surface area contributed by atoms with E-state index in [2.05, 4.69) is 58.4 Å². The Hall–Kier alpha value is -3.58. The van der Waals surface area contributed by atoms with Gasteiger partial charge in [-0.1, -0.05) is 18.2 Å². The summed E-state index contributed by atoms with van der Waals surface area (Å²) < 4.78 is 6.29. The van der Waals surface area contributed by atoms with E-state index in [4.69, 9.17) is 14.9 Å². The van der Waals surface area contributed by atoms with Gasteiger partial charge < -0.3 is 19.9 Å². The van der Waals surface area contributed by atoms with Crippen LogP contribution in [0, 0.1) is 5.92 Å². The molecule has 3 aromatic rings. The van der Waals surface area contributed by atoms with Crippen molar-refractivity contribution in [2.75, 3.05) is 19.6 Å². The number of aromatic amines is 1. The molecule has 3 aliphatic heterocycles.